The fourth-order valence-electron chi connectivity index (χ4n) is 2.70. The highest BCUT2D eigenvalue weighted by atomic mass is 79.9. The van der Waals surface area contributed by atoms with Gasteiger partial charge in [-0.3, -0.25) is 4.79 Å². The van der Waals surface area contributed by atoms with E-state index < -0.39 is 0 Å². The first kappa shape index (κ1) is 15.3. The number of benzene rings is 1. The Morgan fingerprint density at radius 1 is 1.45 bits per heavy atom. The van der Waals surface area contributed by atoms with Gasteiger partial charge in [0.25, 0.3) is 0 Å². The quantitative estimate of drug-likeness (QED) is 0.781. The average Bonchev–Trinajstić information content (AvgIpc) is 2.92. The summed E-state index contributed by atoms with van der Waals surface area (Å²) < 4.78 is 6.57. The summed E-state index contributed by atoms with van der Waals surface area (Å²) in [6.07, 6.45) is 3.14. The van der Waals surface area contributed by atoms with Crippen LogP contribution in [0, 0.1) is 11.8 Å². The minimum atomic E-state index is 0.0888. The predicted molar refractivity (Wildman–Crippen MR) is 82.5 cm³/mol. The fraction of sp³-hybridized carbons (Fsp3) is 0.533. The molecular weight excluding hydrogens is 320 g/mol. The SMILES string of the molecule is NC[C@H]1CCC[C@H]1C(=O)NCCOc1cccc(Br)c1. The Morgan fingerprint density at radius 3 is 3.05 bits per heavy atom. The van der Waals surface area contributed by atoms with Crippen LogP contribution in [0.4, 0.5) is 0 Å². The molecule has 0 saturated heterocycles. The molecule has 1 fully saturated rings. The van der Waals surface area contributed by atoms with Gasteiger partial charge in [0.15, 0.2) is 0 Å². The van der Waals surface area contributed by atoms with Crippen molar-refractivity contribution in [2.45, 2.75) is 19.3 Å². The van der Waals surface area contributed by atoms with Gasteiger partial charge in [-0.15, -0.1) is 0 Å². The number of carbonyl (C=O) groups excluding carboxylic acids is 1. The predicted octanol–water partition coefficient (Wildman–Crippen LogP) is 2.32. The number of nitrogens with two attached hydrogens (primary N) is 1. The van der Waals surface area contributed by atoms with Crippen molar-refractivity contribution in [3.8, 4) is 5.75 Å². The van der Waals surface area contributed by atoms with Gasteiger partial charge in [0, 0.05) is 10.4 Å². The van der Waals surface area contributed by atoms with Crippen LogP contribution < -0.4 is 15.8 Å². The zero-order valence-electron chi connectivity index (χ0n) is 11.5. The van der Waals surface area contributed by atoms with E-state index in [0.29, 0.717) is 25.6 Å². The number of hydrogen-bond acceptors (Lipinski definition) is 3. The normalized spacial score (nSPS) is 21.7. The summed E-state index contributed by atoms with van der Waals surface area (Å²) in [5, 5.41) is 2.94. The topological polar surface area (TPSA) is 64.4 Å². The first-order valence-electron chi connectivity index (χ1n) is 7.07. The van der Waals surface area contributed by atoms with Crippen LogP contribution in [0.3, 0.4) is 0 Å². The highest BCUT2D eigenvalue weighted by Crippen LogP contribution is 2.30. The minimum absolute atomic E-state index is 0.0888. The largest absolute Gasteiger partial charge is 0.492 e. The van der Waals surface area contributed by atoms with Crippen LogP contribution in [-0.2, 0) is 4.79 Å². The number of hydrogen-bond donors (Lipinski definition) is 2. The van der Waals surface area contributed by atoms with Crippen molar-refractivity contribution in [1.29, 1.82) is 0 Å². The Morgan fingerprint density at radius 2 is 2.30 bits per heavy atom. The molecular formula is C15H21BrN2O2. The molecule has 1 aromatic carbocycles. The minimum Gasteiger partial charge on any atom is -0.492 e. The van der Waals surface area contributed by atoms with Crippen LogP contribution in [-0.4, -0.2) is 25.6 Å². The van der Waals surface area contributed by atoms with E-state index in [2.05, 4.69) is 21.2 Å². The summed E-state index contributed by atoms with van der Waals surface area (Å²) in [6, 6.07) is 7.67. The lowest BCUT2D eigenvalue weighted by Gasteiger charge is -2.17. The van der Waals surface area contributed by atoms with Gasteiger partial charge in [0.1, 0.15) is 12.4 Å². The van der Waals surface area contributed by atoms with Gasteiger partial charge in [-0.1, -0.05) is 28.4 Å². The molecule has 0 bridgehead atoms. The number of halogens is 1. The van der Waals surface area contributed by atoms with Crippen LogP contribution in [0.5, 0.6) is 5.75 Å². The molecule has 0 unspecified atom stereocenters. The summed E-state index contributed by atoms with van der Waals surface area (Å²) in [6.45, 7) is 1.61. The van der Waals surface area contributed by atoms with E-state index in [0.717, 1.165) is 29.5 Å². The second-order valence-electron chi connectivity index (χ2n) is 5.13. The van der Waals surface area contributed by atoms with Crippen LogP contribution in [0.15, 0.2) is 28.7 Å². The highest BCUT2D eigenvalue weighted by Gasteiger charge is 2.31. The molecule has 0 aliphatic heterocycles. The molecule has 1 amide bonds. The first-order chi connectivity index (χ1) is 9.70. The summed E-state index contributed by atoms with van der Waals surface area (Å²) >= 11 is 3.39. The summed E-state index contributed by atoms with van der Waals surface area (Å²) in [5.41, 5.74) is 5.70. The maximum atomic E-state index is 12.1. The molecule has 0 radical (unpaired) electrons. The van der Waals surface area contributed by atoms with Crippen molar-refractivity contribution in [1.82, 2.24) is 5.32 Å². The van der Waals surface area contributed by atoms with Crippen LogP contribution in [0.25, 0.3) is 0 Å². The van der Waals surface area contributed by atoms with E-state index >= 15 is 0 Å². The number of nitrogens with one attached hydrogen (secondary N) is 1. The van der Waals surface area contributed by atoms with Gasteiger partial charge >= 0.3 is 0 Å². The molecule has 0 spiro atoms. The third-order valence-electron chi connectivity index (χ3n) is 3.76. The molecule has 5 heteroatoms. The molecule has 0 aromatic heterocycles. The third-order valence-corrected chi connectivity index (χ3v) is 4.26. The third kappa shape index (κ3) is 4.21. The van der Waals surface area contributed by atoms with Crippen LogP contribution in [0.1, 0.15) is 19.3 Å². The summed E-state index contributed by atoms with van der Waals surface area (Å²) in [7, 11) is 0. The van der Waals surface area contributed by atoms with E-state index in [9.17, 15) is 4.79 Å². The lowest BCUT2D eigenvalue weighted by Crippen LogP contribution is -2.37. The molecule has 4 nitrogen and oxygen atoms in total. The van der Waals surface area contributed by atoms with Crippen molar-refractivity contribution in [3.63, 3.8) is 0 Å². The van der Waals surface area contributed by atoms with Gasteiger partial charge in [-0.05, 0) is 43.5 Å². The molecule has 1 aromatic rings. The van der Waals surface area contributed by atoms with Crippen molar-refractivity contribution >= 4 is 21.8 Å². The van der Waals surface area contributed by atoms with Gasteiger partial charge in [-0.25, -0.2) is 0 Å². The number of ether oxygens (including phenoxy) is 1. The first-order valence-corrected chi connectivity index (χ1v) is 7.86. The van der Waals surface area contributed by atoms with E-state index in [1.54, 1.807) is 0 Å². The van der Waals surface area contributed by atoms with Crippen LogP contribution >= 0.6 is 15.9 Å². The molecule has 20 heavy (non-hydrogen) atoms. The van der Waals surface area contributed by atoms with E-state index in [1.165, 1.54) is 0 Å². The maximum absolute atomic E-state index is 12.1. The summed E-state index contributed by atoms with van der Waals surface area (Å²) in [4.78, 5) is 12.1. The molecule has 3 N–H and O–H groups in total. The van der Waals surface area contributed by atoms with Crippen molar-refractivity contribution in [3.05, 3.63) is 28.7 Å². The average molecular weight is 341 g/mol. The number of rotatable bonds is 6. The molecule has 2 rings (SSSR count). The van der Waals surface area contributed by atoms with Gasteiger partial charge in [0.2, 0.25) is 5.91 Å². The smallest absolute Gasteiger partial charge is 0.223 e. The van der Waals surface area contributed by atoms with E-state index in [1.807, 2.05) is 24.3 Å². The van der Waals surface area contributed by atoms with Gasteiger partial charge < -0.3 is 15.8 Å². The number of amides is 1. The lowest BCUT2D eigenvalue weighted by molar-refractivity contribution is -0.126. The van der Waals surface area contributed by atoms with E-state index in [4.69, 9.17) is 10.5 Å². The Balaban J connectivity index is 1.69. The second kappa shape index (κ2) is 7.64. The van der Waals surface area contributed by atoms with Crippen molar-refractivity contribution in [2.24, 2.45) is 17.6 Å². The molecule has 1 saturated carbocycles. The maximum Gasteiger partial charge on any atom is 0.223 e. The number of carbonyl (C=O) groups is 1. The monoisotopic (exact) mass is 340 g/mol. The Kier molecular flexibility index (Phi) is 5.86. The lowest BCUT2D eigenvalue weighted by atomic mass is 9.95. The highest BCUT2D eigenvalue weighted by molar-refractivity contribution is 9.10. The Hall–Kier alpha value is -1.07. The molecule has 110 valence electrons. The van der Waals surface area contributed by atoms with E-state index in [-0.39, 0.29) is 11.8 Å². The fourth-order valence-corrected chi connectivity index (χ4v) is 3.07. The zero-order valence-corrected chi connectivity index (χ0v) is 13.1. The molecule has 1 aliphatic carbocycles. The Bertz CT molecular complexity index is 453. The van der Waals surface area contributed by atoms with Gasteiger partial charge in [-0.2, -0.15) is 0 Å². The zero-order chi connectivity index (χ0) is 14.4. The Labute approximate surface area is 128 Å². The van der Waals surface area contributed by atoms with Crippen molar-refractivity contribution in [2.75, 3.05) is 19.7 Å². The molecule has 1 aliphatic rings. The van der Waals surface area contributed by atoms with Crippen LogP contribution in [0.2, 0.25) is 0 Å². The molecule has 0 heterocycles. The van der Waals surface area contributed by atoms with Crippen molar-refractivity contribution < 1.29 is 9.53 Å². The summed E-state index contributed by atoms with van der Waals surface area (Å²) in [5.74, 6) is 1.36. The van der Waals surface area contributed by atoms with Gasteiger partial charge in [0.05, 0.1) is 6.54 Å². The second-order valence-corrected chi connectivity index (χ2v) is 6.05. The standard InChI is InChI=1S/C15H21BrN2O2/c16-12-4-2-5-13(9-12)20-8-7-18-15(19)14-6-1-3-11(14)10-17/h2,4-5,9,11,14H,1,3,6-8,10,17H2,(H,18,19)/t11-,14-/m1/s1. The molecule has 2 atom stereocenters.